The highest BCUT2D eigenvalue weighted by Crippen LogP contribution is 2.25. The molecule has 0 saturated heterocycles. The third-order valence-corrected chi connectivity index (χ3v) is 3.31. The summed E-state index contributed by atoms with van der Waals surface area (Å²) in [6, 6.07) is 5.92. The summed E-state index contributed by atoms with van der Waals surface area (Å²) in [4.78, 5) is 0. The lowest BCUT2D eigenvalue weighted by Gasteiger charge is -2.27. The van der Waals surface area contributed by atoms with Crippen LogP contribution in [0.5, 0.6) is 0 Å². The van der Waals surface area contributed by atoms with Crippen molar-refractivity contribution in [2.24, 2.45) is 5.92 Å². The molecule has 1 aromatic carbocycles. The van der Waals surface area contributed by atoms with Gasteiger partial charge in [-0.15, -0.1) is 0 Å². The monoisotopic (exact) mass is 223 g/mol. The standard InChI is InChI=1S/C14H22FN/c1-9(2)14(16-5)11(4)12-7-6-10(3)13(15)8-12/h6-9,11,14,16H,1-5H3. The largest absolute Gasteiger partial charge is 0.316 e. The molecule has 0 aliphatic carbocycles. The SMILES string of the molecule is CNC(C(C)C)C(C)c1ccc(C)c(F)c1. The van der Waals surface area contributed by atoms with Crippen molar-refractivity contribution < 1.29 is 4.39 Å². The highest BCUT2D eigenvalue weighted by atomic mass is 19.1. The van der Waals surface area contributed by atoms with Crippen molar-refractivity contribution in [1.29, 1.82) is 0 Å². The van der Waals surface area contributed by atoms with Crippen molar-refractivity contribution in [1.82, 2.24) is 5.32 Å². The van der Waals surface area contributed by atoms with E-state index in [1.807, 2.05) is 19.2 Å². The summed E-state index contributed by atoms with van der Waals surface area (Å²) in [5.74, 6) is 0.743. The molecular formula is C14H22FN. The molecule has 2 atom stereocenters. The van der Waals surface area contributed by atoms with E-state index < -0.39 is 0 Å². The molecule has 0 radical (unpaired) electrons. The average Bonchev–Trinajstić information content (AvgIpc) is 2.22. The number of aryl methyl sites for hydroxylation is 1. The highest BCUT2D eigenvalue weighted by Gasteiger charge is 2.20. The Morgan fingerprint density at radius 3 is 2.25 bits per heavy atom. The molecule has 2 heteroatoms. The number of nitrogens with one attached hydrogen (secondary N) is 1. The van der Waals surface area contributed by atoms with Crippen LogP contribution in [0, 0.1) is 18.7 Å². The minimum atomic E-state index is -0.108. The average molecular weight is 223 g/mol. The molecule has 0 bridgehead atoms. The van der Waals surface area contributed by atoms with Gasteiger partial charge < -0.3 is 5.32 Å². The van der Waals surface area contributed by atoms with Crippen LogP contribution in [0.25, 0.3) is 0 Å². The molecule has 1 aromatic rings. The zero-order chi connectivity index (χ0) is 12.3. The van der Waals surface area contributed by atoms with Gasteiger partial charge in [-0.1, -0.05) is 32.9 Å². The van der Waals surface area contributed by atoms with E-state index in [2.05, 4.69) is 26.1 Å². The predicted octanol–water partition coefficient (Wildman–Crippen LogP) is 3.48. The first-order chi connectivity index (χ1) is 7.47. The molecule has 0 fully saturated rings. The first kappa shape index (κ1) is 13.2. The second kappa shape index (κ2) is 5.44. The fraction of sp³-hybridized carbons (Fsp3) is 0.571. The quantitative estimate of drug-likeness (QED) is 0.824. The van der Waals surface area contributed by atoms with Gasteiger partial charge in [0, 0.05) is 6.04 Å². The molecule has 90 valence electrons. The summed E-state index contributed by atoms with van der Waals surface area (Å²) >= 11 is 0. The summed E-state index contributed by atoms with van der Waals surface area (Å²) in [5.41, 5.74) is 1.78. The third-order valence-electron chi connectivity index (χ3n) is 3.31. The van der Waals surface area contributed by atoms with Gasteiger partial charge in [-0.05, 0) is 43.0 Å². The zero-order valence-corrected chi connectivity index (χ0v) is 10.8. The molecule has 0 saturated carbocycles. The van der Waals surface area contributed by atoms with Crippen molar-refractivity contribution in [3.63, 3.8) is 0 Å². The number of hydrogen-bond donors (Lipinski definition) is 1. The normalized spacial score (nSPS) is 15.2. The Hall–Kier alpha value is -0.890. The van der Waals surface area contributed by atoms with E-state index in [0.29, 0.717) is 23.4 Å². The fourth-order valence-electron chi connectivity index (χ4n) is 2.26. The van der Waals surface area contributed by atoms with Gasteiger partial charge in [0.2, 0.25) is 0 Å². The second-order valence-electron chi connectivity index (χ2n) is 4.86. The molecular weight excluding hydrogens is 201 g/mol. The van der Waals surface area contributed by atoms with Crippen LogP contribution in [0.2, 0.25) is 0 Å². The van der Waals surface area contributed by atoms with Gasteiger partial charge in [0.25, 0.3) is 0 Å². The Balaban J connectivity index is 2.94. The van der Waals surface area contributed by atoms with Gasteiger partial charge in [-0.25, -0.2) is 4.39 Å². The van der Waals surface area contributed by atoms with Crippen LogP contribution < -0.4 is 5.32 Å². The van der Waals surface area contributed by atoms with E-state index in [1.165, 1.54) is 0 Å². The molecule has 0 aliphatic rings. The van der Waals surface area contributed by atoms with Crippen molar-refractivity contribution in [2.45, 2.75) is 39.7 Å². The minimum absolute atomic E-state index is 0.108. The maximum absolute atomic E-state index is 13.5. The molecule has 16 heavy (non-hydrogen) atoms. The molecule has 0 amide bonds. The molecule has 1 nitrogen and oxygen atoms in total. The molecule has 0 aromatic heterocycles. The van der Waals surface area contributed by atoms with E-state index in [4.69, 9.17) is 0 Å². The van der Waals surface area contributed by atoms with E-state index in [1.54, 1.807) is 13.0 Å². The lowest BCUT2D eigenvalue weighted by molar-refractivity contribution is 0.375. The molecule has 0 aliphatic heterocycles. The first-order valence-corrected chi connectivity index (χ1v) is 5.90. The Kier molecular flexibility index (Phi) is 4.48. The Morgan fingerprint density at radius 2 is 1.81 bits per heavy atom. The fourth-order valence-corrected chi connectivity index (χ4v) is 2.26. The topological polar surface area (TPSA) is 12.0 Å². The summed E-state index contributed by atoms with van der Waals surface area (Å²) in [7, 11) is 1.96. The van der Waals surface area contributed by atoms with Gasteiger partial charge in [0.05, 0.1) is 0 Å². The second-order valence-corrected chi connectivity index (χ2v) is 4.86. The smallest absolute Gasteiger partial charge is 0.126 e. The van der Waals surface area contributed by atoms with Crippen LogP contribution in [-0.4, -0.2) is 13.1 Å². The predicted molar refractivity (Wildman–Crippen MR) is 67.2 cm³/mol. The number of halogens is 1. The van der Waals surface area contributed by atoms with Crippen LogP contribution in [0.15, 0.2) is 18.2 Å². The zero-order valence-electron chi connectivity index (χ0n) is 10.8. The summed E-state index contributed by atoms with van der Waals surface area (Å²) < 4.78 is 13.5. The Labute approximate surface area is 98.1 Å². The van der Waals surface area contributed by atoms with E-state index in [0.717, 1.165) is 5.56 Å². The number of likely N-dealkylation sites (N-methyl/N-ethyl adjacent to an activating group) is 1. The van der Waals surface area contributed by atoms with E-state index >= 15 is 0 Å². The van der Waals surface area contributed by atoms with Crippen molar-refractivity contribution in [3.8, 4) is 0 Å². The van der Waals surface area contributed by atoms with Crippen LogP contribution in [0.4, 0.5) is 4.39 Å². The molecule has 0 heterocycles. The van der Waals surface area contributed by atoms with Gasteiger partial charge in [0.1, 0.15) is 5.82 Å². The lowest BCUT2D eigenvalue weighted by atomic mass is 9.86. The Bertz CT molecular complexity index is 347. The highest BCUT2D eigenvalue weighted by molar-refractivity contribution is 5.27. The lowest BCUT2D eigenvalue weighted by Crippen LogP contribution is -2.35. The van der Waals surface area contributed by atoms with Crippen LogP contribution >= 0.6 is 0 Å². The first-order valence-electron chi connectivity index (χ1n) is 5.90. The third kappa shape index (κ3) is 2.82. The van der Waals surface area contributed by atoms with Crippen molar-refractivity contribution in [3.05, 3.63) is 35.1 Å². The number of rotatable bonds is 4. The van der Waals surface area contributed by atoms with Gasteiger partial charge in [-0.2, -0.15) is 0 Å². The molecule has 2 unspecified atom stereocenters. The van der Waals surface area contributed by atoms with Gasteiger partial charge in [-0.3, -0.25) is 0 Å². The summed E-state index contributed by atoms with van der Waals surface area (Å²) in [6.45, 7) is 8.30. The van der Waals surface area contributed by atoms with Crippen LogP contribution in [-0.2, 0) is 0 Å². The van der Waals surface area contributed by atoms with Crippen LogP contribution in [0.3, 0.4) is 0 Å². The van der Waals surface area contributed by atoms with Crippen molar-refractivity contribution >= 4 is 0 Å². The van der Waals surface area contributed by atoms with E-state index in [9.17, 15) is 4.39 Å². The van der Waals surface area contributed by atoms with Crippen molar-refractivity contribution in [2.75, 3.05) is 7.05 Å². The summed E-state index contributed by atoms with van der Waals surface area (Å²) in [5, 5.41) is 3.31. The van der Waals surface area contributed by atoms with Gasteiger partial charge in [0.15, 0.2) is 0 Å². The maximum Gasteiger partial charge on any atom is 0.126 e. The maximum atomic E-state index is 13.5. The number of benzene rings is 1. The Morgan fingerprint density at radius 1 is 1.19 bits per heavy atom. The van der Waals surface area contributed by atoms with Crippen LogP contribution in [0.1, 0.15) is 37.8 Å². The van der Waals surface area contributed by atoms with E-state index in [-0.39, 0.29) is 5.82 Å². The molecule has 1 N–H and O–H groups in total. The minimum Gasteiger partial charge on any atom is -0.316 e. The summed E-state index contributed by atoms with van der Waals surface area (Å²) in [6.07, 6.45) is 0. The molecule has 0 spiro atoms. The van der Waals surface area contributed by atoms with Gasteiger partial charge >= 0.3 is 0 Å². The molecule has 1 rings (SSSR count). The number of hydrogen-bond acceptors (Lipinski definition) is 1.